The van der Waals surface area contributed by atoms with Crippen molar-refractivity contribution < 1.29 is 20.1 Å². The van der Waals surface area contributed by atoms with Gasteiger partial charge in [0, 0.05) is 0 Å². The van der Waals surface area contributed by atoms with Crippen LogP contribution in [0.25, 0.3) is 0 Å². The van der Waals surface area contributed by atoms with E-state index < -0.39 is 18.3 Å². The molecule has 90 valence electrons. The lowest BCUT2D eigenvalue weighted by Gasteiger charge is -2.26. The summed E-state index contributed by atoms with van der Waals surface area (Å²) in [6, 6.07) is 9.54. The molecule has 0 fully saturated rings. The number of aliphatic hydroxyl groups is 3. The first kappa shape index (κ1) is 13.1. The zero-order valence-corrected chi connectivity index (χ0v) is 9.34. The highest BCUT2D eigenvalue weighted by Crippen LogP contribution is 2.10. The van der Waals surface area contributed by atoms with E-state index >= 15 is 0 Å². The van der Waals surface area contributed by atoms with E-state index in [9.17, 15) is 10.2 Å². The maximum Gasteiger partial charge on any atom is 0.113 e. The summed E-state index contributed by atoms with van der Waals surface area (Å²) >= 11 is 0. The maximum atomic E-state index is 9.52. The van der Waals surface area contributed by atoms with Gasteiger partial charge in [-0.05, 0) is 12.5 Å². The predicted octanol–water partition coefficient (Wildman–Crippen LogP) is 0.307. The minimum absolute atomic E-state index is 0.0115. The van der Waals surface area contributed by atoms with Crippen LogP contribution >= 0.6 is 0 Å². The van der Waals surface area contributed by atoms with Crippen LogP contribution in [-0.2, 0) is 11.3 Å². The van der Waals surface area contributed by atoms with Crippen molar-refractivity contribution in [3.05, 3.63) is 35.9 Å². The first-order valence-corrected chi connectivity index (χ1v) is 5.19. The van der Waals surface area contributed by atoms with Gasteiger partial charge in [0.2, 0.25) is 0 Å². The largest absolute Gasteiger partial charge is 0.393 e. The van der Waals surface area contributed by atoms with E-state index in [-0.39, 0.29) is 6.61 Å². The number of aliphatic hydroxyl groups excluding tert-OH is 2. The van der Waals surface area contributed by atoms with Crippen LogP contribution in [0.5, 0.6) is 0 Å². The summed E-state index contributed by atoms with van der Waals surface area (Å²) < 4.78 is 5.25. The average Bonchev–Trinajstić information content (AvgIpc) is 2.30. The van der Waals surface area contributed by atoms with Crippen molar-refractivity contribution in [2.45, 2.75) is 25.2 Å². The van der Waals surface area contributed by atoms with E-state index in [1.807, 2.05) is 30.3 Å². The molecule has 1 aromatic carbocycles. The molecule has 0 saturated carbocycles. The summed E-state index contributed by atoms with van der Waals surface area (Å²) in [5.41, 5.74) is -0.519. The predicted molar refractivity (Wildman–Crippen MR) is 59.8 cm³/mol. The number of ether oxygens (including phenoxy) is 1. The van der Waals surface area contributed by atoms with Crippen LogP contribution in [0.4, 0.5) is 0 Å². The molecule has 0 unspecified atom stereocenters. The van der Waals surface area contributed by atoms with Gasteiger partial charge in [-0.2, -0.15) is 0 Å². The molecular formula is C12H18O4. The number of rotatable bonds is 6. The third-order valence-corrected chi connectivity index (χ3v) is 2.43. The van der Waals surface area contributed by atoms with Gasteiger partial charge in [0.05, 0.1) is 19.8 Å². The topological polar surface area (TPSA) is 69.9 Å². The van der Waals surface area contributed by atoms with Crippen LogP contribution in [0.1, 0.15) is 12.5 Å². The van der Waals surface area contributed by atoms with Crippen molar-refractivity contribution in [1.29, 1.82) is 0 Å². The Morgan fingerprint density at radius 3 is 2.50 bits per heavy atom. The SMILES string of the molecule is C[C@@](O)(CO)[C@@H](O)COCc1ccccc1. The van der Waals surface area contributed by atoms with Gasteiger partial charge in [-0.25, -0.2) is 0 Å². The molecule has 4 nitrogen and oxygen atoms in total. The molecule has 0 bridgehead atoms. The van der Waals surface area contributed by atoms with E-state index in [1.165, 1.54) is 6.92 Å². The van der Waals surface area contributed by atoms with Gasteiger partial charge in [0.1, 0.15) is 11.7 Å². The fourth-order valence-corrected chi connectivity index (χ4v) is 1.15. The molecule has 3 N–H and O–H groups in total. The number of benzene rings is 1. The Balaban J connectivity index is 2.31. The van der Waals surface area contributed by atoms with Gasteiger partial charge in [-0.3, -0.25) is 0 Å². The van der Waals surface area contributed by atoms with Crippen LogP contribution < -0.4 is 0 Å². The normalized spacial score (nSPS) is 16.8. The minimum Gasteiger partial charge on any atom is -0.393 e. The van der Waals surface area contributed by atoms with Gasteiger partial charge in [-0.15, -0.1) is 0 Å². The van der Waals surface area contributed by atoms with E-state index in [4.69, 9.17) is 9.84 Å². The monoisotopic (exact) mass is 226 g/mol. The van der Waals surface area contributed by atoms with Gasteiger partial charge < -0.3 is 20.1 Å². The molecule has 0 spiro atoms. The van der Waals surface area contributed by atoms with Crippen LogP contribution in [-0.4, -0.2) is 40.2 Å². The molecule has 16 heavy (non-hydrogen) atoms. The van der Waals surface area contributed by atoms with Crippen molar-refractivity contribution in [1.82, 2.24) is 0 Å². The summed E-state index contributed by atoms with van der Waals surface area (Å²) in [6.07, 6.45) is -1.10. The summed E-state index contributed by atoms with van der Waals surface area (Å²) in [4.78, 5) is 0. The Morgan fingerprint density at radius 2 is 1.94 bits per heavy atom. The second-order valence-corrected chi connectivity index (χ2v) is 4.03. The van der Waals surface area contributed by atoms with Crippen LogP contribution in [0.2, 0.25) is 0 Å². The zero-order chi connectivity index (χ0) is 12.0. The highest BCUT2D eigenvalue weighted by Gasteiger charge is 2.29. The van der Waals surface area contributed by atoms with Crippen molar-refractivity contribution in [3.63, 3.8) is 0 Å². The highest BCUT2D eigenvalue weighted by molar-refractivity contribution is 5.13. The Morgan fingerprint density at radius 1 is 1.31 bits per heavy atom. The van der Waals surface area contributed by atoms with E-state index in [2.05, 4.69) is 0 Å². The van der Waals surface area contributed by atoms with Crippen LogP contribution in [0.15, 0.2) is 30.3 Å². The fourth-order valence-electron chi connectivity index (χ4n) is 1.15. The van der Waals surface area contributed by atoms with Gasteiger partial charge >= 0.3 is 0 Å². The Kier molecular flexibility index (Phi) is 4.89. The fraction of sp³-hybridized carbons (Fsp3) is 0.500. The van der Waals surface area contributed by atoms with Crippen molar-refractivity contribution in [2.75, 3.05) is 13.2 Å². The van der Waals surface area contributed by atoms with Crippen molar-refractivity contribution in [3.8, 4) is 0 Å². The van der Waals surface area contributed by atoms with E-state index in [1.54, 1.807) is 0 Å². The molecule has 0 aliphatic rings. The summed E-state index contributed by atoms with van der Waals surface area (Å²) in [6.45, 7) is 1.23. The quantitative estimate of drug-likeness (QED) is 0.653. The van der Waals surface area contributed by atoms with Crippen LogP contribution in [0, 0.1) is 0 Å². The molecule has 1 aromatic rings. The molecule has 0 saturated heterocycles. The number of hydrogen-bond donors (Lipinski definition) is 3. The highest BCUT2D eigenvalue weighted by atomic mass is 16.5. The first-order valence-electron chi connectivity index (χ1n) is 5.19. The number of hydrogen-bond acceptors (Lipinski definition) is 4. The second-order valence-electron chi connectivity index (χ2n) is 4.03. The van der Waals surface area contributed by atoms with E-state index in [0.717, 1.165) is 5.56 Å². The molecular weight excluding hydrogens is 208 g/mol. The van der Waals surface area contributed by atoms with E-state index in [0.29, 0.717) is 6.61 Å². The first-order chi connectivity index (χ1) is 7.56. The Labute approximate surface area is 95.1 Å². The third kappa shape index (κ3) is 3.90. The minimum atomic E-state index is -1.52. The van der Waals surface area contributed by atoms with Crippen LogP contribution in [0.3, 0.4) is 0 Å². The van der Waals surface area contributed by atoms with Gasteiger partial charge in [-0.1, -0.05) is 30.3 Å². The summed E-state index contributed by atoms with van der Waals surface area (Å²) in [5.74, 6) is 0. The van der Waals surface area contributed by atoms with Crippen molar-refractivity contribution >= 4 is 0 Å². The molecule has 0 radical (unpaired) electrons. The standard InChI is InChI=1S/C12H18O4/c1-12(15,9-13)11(14)8-16-7-10-5-3-2-4-6-10/h2-6,11,13-15H,7-9H2,1H3/t11-,12+/m0/s1. The molecule has 0 aromatic heterocycles. The lowest BCUT2D eigenvalue weighted by molar-refractivity contribution is -0.120. The molecule has 4 heteroatoms. The molecule has 0 amide bonds. The van der Waals surface area contributed by atoms with Crippen molar-refractivity contribution in [2.24, 2.45) is 0 Å². The lowest BCUT2D eigenvalue weighted by atomic mass is 10.0. The molecule has 0 aliphatic heterocycles. The van der Waals surface area contributed by atoms with Gasteiger partial charge in [0.25, 0.3) is 0 Å². The molecule has 1 rings (SSSR count). The smallest absolute Gasteiger partial charge is 0.113 e. The Hall–Kier alpha value is -0.940. The molecule has 0 heterocycles. The van der Waals surface area contributed by atoms with Gasteiger partial charge in [0.15, 0.2) is 0 Å². The molecule has 0 aliphatic carbocycles. The zero-order valence-electron chi connectivity index (χ0n) is 9.34. The average molecular weight is 226 g/mol. The second kappa shape index (κ2) is 5.96. The third-order valence-electron chi connectivity index (χ3n) is 2.43. The lowest BCUT2D eigenvalue weighted by Crippen LogP contribution is -2.45. The Bertz CT molecular complexity index is 297. The maximum absolute atomic E-state index is 9.52. The summed E-state index contributed by atoms with van der Waals surface area (Å²) in [7, 11) is 0. The summed E-state index contributed by atoms with van der Waals surface area (Å²) in [5, 5.41) is 27.8. The molecule has 2 atom stereocenters.